The van der Waals surface area contributed by atoms with Crippen LogP contribution < -0.4 is 5.32 Å². The van der Waals surface area contributed by atoms with E-state index < -0.39 is 0 Å². The number of aromatic nitrogens is 3. The Kier molecular flexibility index (Phi) is 6.18. The Morgan fingerprint density at radius 3 is 2.67 bits per heavy atom. The Balaban J connectivity index is 1.81. The standard InChI is InChI=1S/C16H30N4O/c1-5-15-18-16(6-2)20(19-15)11-14-8-7-13(21-14)10-17-9-12(3)4/h12-14,17H,5-11H2,1-4H3. The summed E-state index contributed by atoms with van der Waals surface area (Å²) in [6.45, 7) is 11.6. The average Bonchev–Trinajstić information content (AvgIpc) is 3.05. The molecule has 1 aromatic heterocycles. The van der Waals surface area contributed by atoms with Crippen molar-refractivity contribution in [3.05, 3.63) is 11.6 Å². The number of nitrogens with one attached hydrogen (secondary N) is 1. The third kappa shape index (κ3) is 4.78. The van der Waals surface area contributed by atoms with E-state index in [0.29, 0.717) is 12.0 Å². The SMILES string of the molecule is CCc1nc(CC)n(CC2CCC(CNCC(C)C)O2)n1. The highest BCUT2D eigenvalue weighted by atomic mass is 16.5. The first-order valence-electron chi connectivity index (χ1n) is 8.41. The molecular weight excluding hydrogens is 264 g/mol. The van der Waals surface area contributed by atoms with Gasteiger partial charge in [-0.3, -0.25) is 0 Å². The van der Waals surface area contributed by atoms with E-state index in [-0.39, 0.29) is 6.10 Å². The second-order valence-corrected chi connectivity index (χ2v) is 6.34. The third-order valence-electron chi connectivity index (χ3n) is 3.92. The number of aryl methyl sites for hydroxylation is 2. The molecule has 1 N–H and O–H groups in total. The van der Waals surface area contributed by atoms with Gasteiger partial charge >= 0.3 is 0 Å². The third-order valence-corrected chi connectivity index (χ3v) is 3.92. The first-order chi connectivity index (χ1) is 10.1. The Bertz CT molecular complexity index is 430. The molecule has 2 atom stereocenters. The van der Waals surface area contributed by atoms with Gasteiger partial charge < -0.3 is 10.1 Å². The lowest BCUT2D eigenvalue weighted by atomic mass is 10.2. The molecule has 1 fully saturated rings. The van der Waals surface area contributed by atoms with Crippen molar-refractivity contribution in [3.8, 4) is 0 Å². The zero-order valence-electron chi connectivity index (χ0n) is 13.9. The molecule has 5 nitrogen and oxygen atoms in total. The molecule has 2 heterocycles. The largest absolute Gasteiger partial charge is 0.372 e. The highest BCUT2D eigenvalue weighted by molar-refractivity contribution is 4.93. The van der Waals surface area contributed by atoms with E-state index in [2.05, 4.69) is 43.1 Å². The number of hydrogen-bond donors (Lipinski definition) is 1. The fourth-order valence-electron chi connectivity index (χ4n) is 2.77. The van der Waals surface area contributed by atoms with Crippen molar-refractivity contribution in [3.63, 3.8) is 0 Å². The van der Waals surface area contributed by atoms with Crippen LogP contribution in [0, 0.1) is 5.92 Å². The summed E-state index contributed by atoms with van der Waals surface area (Å²) in [6.07, 6.45) is 4.73. The van der Waals surface area contributed by atoms with Crippen LogP contribution in [0.5, 0.6) is 0 Å². The van der Waals surface area contributed by atoms with E-state index in [1.165, 1.54) is 0 Å². The van der Waals surface area contributed by atoms with E-state index >= 15 is 0 Å². The van der Waals surface area contributed by atoms with Gasteiger partial charge in [-0.25, -0.2) is 9.67 Å². The number of rotatable bonds is 8. The minimum atomic E-state index is 0.285. The summed E-state index contributed by atoms with van der Waals surface area (Å²) in [6, 6.07) is 0. The van der Waals surface area contributed by atoms with Gasteiger partial charge in [-0.2, -0.15) is 5.10 Å². The maximum absolute atomic E-state index is 6.14. The lowest BCUT2D eigenvalue weighted by Crippen LogP contribution is -2.30. The van der Waals surface area contributed by atoms with E-state index in [9.17, 15) is 0 Å². The average molecular weight is 294 g/mol. The van der Waals surface area contributed by atoms with Crippen LogP contribution >= 0.6 is 0 Å². The summed E-state index contributed by atoms with van der Waals surface area (Å²) < 4.78 is 8.19. The quantitative estimate of drug-likeness (QED) is 0.798. The zero-order valence-corrected chi connectivity index (χ0v) is 13.9. The monoisotopic (exact) mass is 294 g/mol. The van der Waals surface area contributed by atoms with Gasteiger partial charge in [0.2, 0.25) is 0 Å². The molecule has 2 unspecified atom stereocenters. The zero-order chi connectivity index (χ0) is 15.2. The lowest BCUT2D eigenvalue weighted by molar-refractivity contribution is 0.0334. The molecule has 0 aliphatic carbocycles. The van der Waals surface area contributed by atoms with Gasteiger partial charge in [0, 0.05) is 19.4 Å². The van der Waals surface area contributed by atoms with Gasteiger partial charge in [-0.15, -0.1) is 0 Å². The van der Waals surface area contributed by atoms with Crippen molar-refractivity contribution in [2.75, 3.05) is 13.1 Å². The van der Waals surface area contributed by atoms with Crippen LogP contribution in [0.25, 0.3) is 0 Å². The first kappa shape index (κ1) is 16.4. The fraction of sp³-hybridized carbons (Fsp3) is 0.875. The van der Waals surface area contributed by atoms with Gasteiger partial charge in [0.05, 0.1) is 18.8 Å². The van der Waals surface area contributed by atoms with E-state index in [1.54, 1.807) is 0 Å². The number of ether oxygens (including phenoxy) is 1. The molecule has 5 heteroatoms. The molecule has 0 aromatic carbocycles. The molecule has 1 aromatic rings. The van der Waals surface area contributed by atoms with Gasteiger partial charge in [0.1, 0.15) is 5.82 Å². The summed E-state index contributed by atoms with van der Waals surface area (Å²) in [5.41, 5.74) is 0. The predicted octanol–water partition coefficient (Wildman–Crippen LogP) is 2.20. The Morgan fingerprint density at radius 2 is 2.00 bits per heavy atom. The maximum atomic E-state index is 6.14. The molecule has 0 saturated carbocycles. The predicted molar refractivity (Wildman–Crippen MR) is 84.4 cm³/mol. The maximum Gasteiger partial charge on any atom is 0.150 e. The molecule has 120 valence electrons. The fourth-order valence-corrected chi connectivity index (χ4v) is 2.77. The van der Waals surface area contributed by atoms with E-state index in [0.717, 1.165) is 57.0 Å². The Labute approximate surface area is 128 Å². The van der Waals surface area contributed by atoms with Crippen LogP contribution in [0.2, 0.25) is 0 Å². The molecule has 0 radical (unpaired) electrons. The smallest absolute Gasteiger partial charge is 0.150 e. The van der Waals surface area contributed by atoms with Crippen molar-refractivity contribution in [2.45, 2.75) is 72.1 Å². The lowest BCUT2D eigenvalue weighted by Gasteiger charge is -2.16. The second kappa shape index (κ2) is 7.90. The molecule has 21 heavy (non-hydrogen) atoms. The molecule has 0 spiro atoms. The molecular formula is C16H30N4O. The van der Waals surface area contributed by atoms with Crippen LogP contribution in [-0.4, -0.2) is 40.1 Å². The van der Waals surface area contributed by atoms with Gasteiger partial charge in [-0.1, -0.05) is 27.7 Å². The van der Waals surface area contributed by atoms with Gasteiger partial charge in [0.15, 0.2) is 5.82 Å². The van der Waals surface area contributed by atoms with Crippen LogP contribution in [0.4, 0.5) is 0 Å². The summed E-state index contributed by atoms with van der Waals surface area (Å²) >= 11 is 0. The van der Waals surface area contributed by atoms with Crippen LogP contribution in [0.3, 0.4) is 0 Å². The number of nitrogens with zero attached hydrogens (tertiary/aromatic N) is 3. The van der Waals surface area contributed by atoms with E-state index in [4.69, 9.17) is 4.74 Å². The summed E-state index contributed by atoms with van der Waals surface area (Å²) in [7, 11) is 0. The Morgan fingerprint density at radius 1 is 1.24 bits per heavy atom. The van der Waals surface area contributed by atoms with E-state index in [1.807, 2.05) is 4.68 Å². The minimum Gasteiger partial charge on any atom is -0.372 e. The highest BCUT2D eigenvalue weighted by Crippen LogP contribution is 2.21. The van der Waals surface area contributed by atoms with Crippen LogP contribution in [0.15, 0.2) is 0 Å². The summed E-state index contributed by atoms with van der Waals surface area (Å²) in [5, 5.41) is 8.07. The van der Waals surface area contributed by atoms with Gasteiger partial charge in [-0.05, 0) is 25.3 Å². The van der Waals surface area contributed by atoms with Gasteiger partial charge in [0.25, 0.3) is 0 Å². The minimum absolute atomic E-state index is 0.285. The van der Waals surface area contributed by atoms with Crippen molar-refractivity contribution in [2.24, 2.45) is 5.92 Å². The second-order valence-electron chi connectivity index (χ2n) is 6.34. The normalized spacial score (nSPS) is 22.3. The topological polar surface area (TPSA) is 52.0 Å². The molecule has 0 amide bonds. The van der Waals surface area contributed by atoms with Crippen molar-refractivity contribution in [1.82, 2.24) is 20.1 Å². The molecule has 1 aliphatic rings. The molecule has 1 saturated heterocycles. The molecule has 1 aliphatic heterocycles. The van der Waals surface area contributed by atoms with Crippen molar-refractivity contribution in [1.29, 1.82) is 0 Å². The molecule has 0 bridgehead atoms. The molecule has 2 rings (SSSR count). The highest BCUT2D eigenvalue weighted by Gasteiger charge is 2.26. The Hall–Kier alpha value is -0.940. The summed E-state index contributed by atoms with van der Waals surface area (Å²) in [4.78, 5) is 4.56. The van der Waals surface area contributed by atoms with Crippen molar-refractivity contribution >= 4 is 0 Å². The van der Waals surface area contributed by atoms with Crippen LogP contribution in [0.1, 0.15) is 52.2 Å². The number of hydrogen-bond acceptors (Lipinski definition) is 4. The van der Waals surface area contributed by atoms with Crippen LogP contribution in [-0.2, 0) is 24.1 Å². The summed E-state index contributed by atoms with van der Waals surface area (Å²) in [5.74, 6) is 2.72. The first-order valence-corrected chi connectivity index (χ1v) is 8.41. The van der Waals surface area contributed by atoms with Crippen molar-refractivity contribution < 1.29 is 4.74 Å².